The molecule has 17 heavy (non-hydrogen) atoms. The van der Waals surface area contributed by atoms with Crippen LogP contribution in [0.25, 0.3) is 0 Å². The van der Waals surface area contributed by atoms with Crippen LogP contribution < -0.4 is 11.1 Å². The Morgan fingerprint density at radius 1 is 1.41 bits per heavy atom. The van der Waals surface area contributed by atoms with E-state index >= 15 is 0 Å². The molecule has 0 spiro atoms. The van der Waals surface area contributed by atoms with E-state index in [4.69, 9.17) is 5.73 Å². The van der Waals surface area contributed by atoms with Crippen molar-refractivity contribution in [3.8, 4) is 0 Å². The minimum atomic E-state index is -0.451. The van der Waals surface area contributed by atoms with Gasteiger partial charge in [-0.3, -0.25) is 4.79 Å². The first-order valence-corrected chi connectivity index (χ1v) is 6.66. The molecular formula is C13H27N3O. The summed E-state index contributed by atoms with van der Waals surface area (Å²) in [5.41, 5.74) is 5.13. The van der Waals surface area contributed by atoms with Gasteiger partial charge in [0.2, 0.25) is 5.91 Å². The topological polar surface area (TPSA) is 58.4 Å². The summed E-state index contributed by atoms with van der Waals surface area (Å²) in [7, 11) is 0. The van der Waals surface area contributed by atoms with E-state index < -0.39 is 5.41 Å². The maximum absolute atomic E-state index is 11.8. The second kappa shape index (κ2) is 6.36. The number of nitrogens with zero attached hydrogens (tertiary/aromatic N) is 1. The van der Waals surface area contributed by atoms with Crippen molar-refractivity contribution in [3.05, 3.63) is 0 Å². The largest absolute Gasteiger partial charge is 0.355 e. The molecule has 1 heterocycles. The first-order valence-electron chi connectivity index (χ1n) is 6.66. The van der Waals surface area contributed by atoms with Crippen LogP contribution in [0.4, 0.5) is 0 Å². The Balaban J connectivity index is 2.23. The van der Waals surface area contributed by atoms with Gasteiger partial charge in [-0.15, -0.1) is 0 Å². The highest BCUT2D eigenvalue weighted by Crippen LogP contribution is 2.13. The number of nitrogens with two attached hydrogens (primary N) is 1. The molecule has 0 aromatic carbocycles. The fourth-order valence-corrected chi connectivity index (χ4v) is 2.07. The number of amides is 1. The Kier molecular flexibility index (Phi) is 5.40. The highest BCUT2D eigenvalue weighted by atomic mass is 16.2. The Bertz CT molecular complexity index is 247. The fraction of sp³-hybridized carbons (Fsp3) is 0.923. The van der Waals surface area contributed by atoms with Gasteiger partial charge in [-0.2, -0.15) is 0 Å². The molecule has 1 atom stereocenters. The third kappa shape index (κ3) is 4.64. The summed E-state index contributed by atoms with van der Waals surface area (Å²) < 4.78 is 0. The molecule has 0 aromatic rings. The monoisotopic (exact) mass is 241 g/mol. The van der Waals surface area contributed by atoms with Crippen LogP contribution in [0.5, 0.6) is 0 Å². The first kappa shape index (κ1) is 14.5. The summed E-state index contributed by atoms with van der Waals surface area (Å²) >= 11 is 0. The second-order valence-electron chi connectivity index (χ2n) is 5.91. The van der Waals surface area contributed by atoms with Crippen molar-refractivity contribution in [1.82, 2.24) is 10.2 Å². The molecular weight excluding hydrogens is 214 g/mol. The van der Waals surface area contributed by atoms with Gasteiger partial charge in [0.05, 0.1) is 5.41 Å². The summed E-state index contributed by atoms with van der Waals surface area (Å²) in [6, 6.07) is 0. The fourth-order valence-electron chi connectivity index (χ4n) is 2.07. The van der Waals surface area contributed by atoms with E-state index in [0.29, 0.717) is 12.5 Å². The SMILES string of the molecule is CC(CNC(=O)C(C)(C)CN)CN1CCCC1. The standard InChI is InChI=1S/C13H27N3O/c1-11(9-16-6-4-5-7-16)8-15-12(17)13(2,3)10-14/h11H,4-10,14H2,1-3H3,(H,15,17). The first-order chi connectivity index (χ1) is 7.95. The number of carbonyl (C=O) groups is 1. The number of hydrogen-bond donors (Lipinski definition) is 2. The van der Waals surface area contributed by atoms with Crippen molar-refractivity contribution in [3.63, 3.8) is 0 Å². The zero-order chi connectivity index (χ0) is 12.9. The van der Waals surface area contributed by atoms with Crippen LogP contribution in [-0.2, 0) is 4.79 Å². The summed E-state index contributed by atoms with van der Waals surface area (Å²) in [5, 5.41) is 3.00. The summed E-state index contributed by atoms with van der Waals surface area (Å²) in [4.78, 5) is 14.3. The number of carbonyl (C=O) groups excluding carboxylic acids is 1. The molecule has 3 N–H and O–H groups in total. The van der Waals surface area contributed by atoms with E-state index in [1.165, 1.54) is 25.9 Å². The molecule has 0 bridgehead atoms. The summed E-state index contributed by atoms with van der Waals surface area (Å²) in [6.45, 7) is 10.6. The van der Waals surface area contributed by atoms with Gasteiger partial charge in [0, 0.05) is 19.6 Å². The lowest BCUT2D eigenvalue weighted by Gasteiger charge is -2.24. The van der Waals surface area contributed by atoms with Gasteiger partial charge >= 0.3 is 0 Å². The van der Waals surface area contributed by atoms with Crippen LogP contribution in [0.2, 0.25) is 0 Å². The van der Waals surface area contributed by atoms with Gasteiger partial charge in [0.25, 0.3) is 0 Å². The Hall–Kier alpha value is -0.610. The number of rotatable bonds is 6. The molecule has 1 rings (SSSR count). The van der Waals surface area contributed by atoms with Gasteiger partial charge in [0.1, 0.15) is 0 Å². The third-order valence-electron chi connectivity index (χ3n) is 3.50. The van der Waals surface area contributed by atoms with Crippen molar-refractivity contribution in [1.29, 1.82) is 0 Å². The molecule has 0 aromatic heterocycles. The normalized spacial score (nSPS) is 19.3. The van der Waals surface area contributed by atoms with Crippen molar-refractivity contribution < 1.29 is 4.79 Å². The number of hydrogen-bond acceptors (Lipinski definition) is 3. The van der Waals surface area contributed by atoms with Crippen LogP contribution in [0.1, 0.15) is 33.6 Å². The van der Waals surface area contributed by atoms with E-state index in [1.54, 1.807) is 0 Å². The van der Waals surface area contributed by atoms with Crippen LogP contribution in [0.15, 0.2) is 0 Å². The number of likely N-dealkylation sites (tertiary alicyclic amines) is 1. The minimum Gasteiger partial charge on any atom is -0.355 e. The Morgan fingerprint density at radius 2 is 2.00 bits per heavy atom. The summed E-state index contributed by atoms with van der Waals surface area (Å²) in [6.07, 6.45) is 2.64. The molecule has 0 aliphatic carbocycles. The van der Waals surface area contributed by atoms with Crippen LogP contribution >= 0.6 is 0 Å². The average molecular weight is 241 g/mol. The molecule has 0 saturated carbocycles. The Labute approximate surface area is 105 Å². The van der Waals surface area contributed by atoms with E-state index in [-0.39, 0.29) is 5.91 Å². The zero-order valence-corrected chi connectivity index (χ0v) is 11.5. The van der Waals surface area contributed by atoms with Crippen molar-refractivity contribution >= 4 is 5.91 Å². The molecule has 1 amide bonds. The van der Waals surface area contributed by atoms with Gasteiger partial charge in [-0.05, 0) is 45.7 Å². The van der Waals surface area contributed by atoms with Gasteiger partial charge in [-0.25, -0.2) is 0 Å². The minimum absolute atomic E-state index is 0.0632. The lowest BCUT2D eigenvalue weighted by atomic mass is 9.92. The maximum atomic E-state index is 11.8. The molecule has 4 nitrogen and oxygen atoms in total. The zero-order valence-electron chi connectivity index (χ0n) is 11.5. The van der Waals surface area contributed by atoms with Crippen molar-refractivity contribution in [2.75, 3.05) is 32.7 Å². The molecule has 1 fully saturated rings. The molecule has 0 radical (unpaired) electrons. The molecule has 1 unspecified atom stereocenters. The quantitative estimate of drug-likeness (QED) is 0.724. The highest BCUT2D eigenvalue weighted by Gasteiger charge is 2.25. The van der Waals surface area contributed by atoms with Crippen molar-refractivity contribution in [2.24, 2.45) is 17.1 Å². The third-order valence-corrected chi connectivity index (χ3v) is 3.50. The van der Waals surface area contributed by atoms with Crippen LogP contribution in [0.3, 0.4) is 0 Å². The molecule has 1 saturated heterocycles. The van der Waals surface area contributed by atoms with E-state index in [2.05, 4.69) is 17.1 Å². The second-order valence-corrected chi connectivity index (χ2v) is 5.91. The molecule has 4 heteroatoms. The van der Waals surface area contributed by atoms with Crippen molar-refractivity contribution in [2.45, 2.75) is 33.6 Å². The Morgan fingerprint density at radius 3 is 2.53 bits per heavy atom. The average Bonchev–Trinajstić information content (AvgIpc) is 2.78. The molecule has 1 aliphatic rings. The van der Waals surface area contributed by atoms with Gasteiger partial charge < -0.3 is 16.0 Å². The van der Waals surface area contributed by atoms with Crippen LogP contribution in [-0.4, -0.2) is 43.5 Å². The van der Waals surface area contributed by atoms with E-state index in [0.717, 1.165) is 13.1 Å². The van der Waals surface area contributed by atoms with E-state index in [9.17, 15) is 4.79 Å². The van der Waals surface area contributed by atoms with Gasteiger partial charge in [0.15, 0.2) is 0 Å². The number of nitrogens with one attached hydrogen (secondary N) is 1. The smallest absolute Gasteiger partial charge is 0.226 e. The highest BCUT2D eigenvalue weighted by molar-refractivity contribution is 5.81. The summed E-state index contributed by atoms with van der Waals surface area (Å²) in [5.74, 6) is 0.568. The van der Waals surface area contributed by atoms with Gasteiger partial charge in [-0.1, -0.05) is 6.92 Å². The lowest BCUT2D eigenvalue weighted by Crippen LogP contribution is -2.44. The predicted octanol–water partition coefficient (Wildman–Crippen LogP) is 0.819. The maximum Gasteiger partial charge on any atom is 0.226 e. The van der Waals surface area contributed by atoms with E-state index in [1.807, 2.05) is 13.8 Å². The molecule has 1 aliphatic heterocycles. The molecule has 100 valence electrons. The van der Waals surface area contributed by atoms with Crippen LogP contribution in [0, 0.1) is 11.3 Å². The predicted molar refractivity (Wildman–Crippen MR) is 70.7 cm³/mol. The lowest BCUT2D eigenvalue weighted by molar-refractivity contribution is -0.129.